The van der Waals surface area contributed by atoms with Gasteiger partial charge >= 0.3 is 0 Å². The smallest absolute Gasteiger partial charge is 0.253 e. The van der Waals surface area contributed by atoms with Crippen molar-refractivity contribution in [2.45, 2.75) is 0 Å². The number of hydrogen-bond donors (Lipinski definition) is 1. The molecule has 0 fully saturated rings. The fourth-order valence-corrected chi connectivity index (χ4v) is 1.02. The van der Waals surface area contributed by atoms with Crippen LogP contribution in [0.3, 0.4) is 0 Å². The van der Waals surface area contributed by atoms with Crippen molar-refractivity contribution in [1.82, 2.24) is 15.3 Å². The quantitative estimate of drug-likeness (QED) is 0.647. The van der Waals surface area contributed by atoms with Gasteiger partial charge in [-0.1, -0.05) is 19.2 Å². The van der Waals surface area contributed by atoms with Crippen LogP contribution in [0.25, 0.3) is 12.2 Å². The van der Waals surface area contributed by atoms with E-state index in [1.807, 2.05) is 0 Å². The van der Waals surface area contributed by atoms with Crippen molar-refractivity contribution in [3.8, 4) is 0 Å². The number of aromatic nitrogens is 2. The highest BCUT2D eigenvalue weighted by molar-refractivity contribution is 6.16. The van der Waals surface area contributed by atoms with Crippen molar-refractivity contribution in [2.75, 3.05) is 7.05 Å². The third-order valence-corrected chi connectivity index (χ3v) is 1.70. The van der Waals surface area contributed by atoms with Crippen LogP contribution in [0.2, 0.25) is 0 Å². The van der Waals surface area contributed by atoms with Crippen molar-refractivity contribution in [3.63, 3.8) is 0 Å². The van der Waals surface area contributed by atoms with Crippen LogP contribution in [0.4, 0.5) is 0 Å². The van der Waals surface area contributed by atoms with E-state index in [1.54, 1.807) is 7.05 Å². The fraction of sp³-hybridized carbons (Fsp3) is 0.100. The highest BCUT2D eigenvalue weighted by Crippen LogP contribution is 1.90. The number of nitrogens with zero attached hydrogens (tertiary/aromatic N) is 2. The number of hydrogen-bond acceptors (Lipinski definition) is 3. The minimum atomic E-state index is -0.245. The summed E-state index contributed by atoms with van der Waals surface area (Å²) in [6.07, 6.45) is 4.48. The lowest BCUT2D eigenvalue weighted by molar-refractivity contribution is -0.115. The molecule has 1 aromatic rings. The molecule has 1 rings (SSSR count). The average molecular weight is 189 g/mol. The first-order chi connectivity index (χ1) is 6.70. The van der Waals surface area contributed by atoms with Gasteiger partial charge in [0.15, 0.2) is 0 Å². The first-order valence-corrected chi connectivity index (χ1v) is 4.05. The van der Waals surface area contributed by atoms with E-state index in [0.29, 0.717) is 16.3 Å². The molecule has 0 bridgehead atoms. The van der Waals surface area contributed by atoms with E-state index < -0.39 is 0 Å². The van der Waals surface area contributed by atoms with Gasteiger partial charge in [-0.25, -0.2) is 0 Å². The molecule has 1 aromatic heterocycles. The van der Waals surface area contributed by atoms with Crippen molar-refractivity contribution in [1.29, 1.82) is 0 Å². The zero-order valence-electron chi connectivity index (χ0n) is 7.95. The van der Waals surface area contributed by atoms with Gasteiger partial charge in [-0.15, -0.1) is 0 Å². The summed E-state index contributed by atoms with van der Waals surface area (Å²) < 4.78 is 0. The maximum absolute atomic E-state index is 11.4. The van der Waals surface area contributed by atoms with Crippen LogP contribution in [-0.4, -0.2) is 22.9 Å². The Morgan fingerprint density at radius 3 is 2.64 bits per heavy atom. The van der Waals surface area contributed by atoms with Gasteiger partial charge in [0.05, 0.1) is 10.9 Å². The van der Waals surface area contributed by atoms with Gasteiger partial charge in [0.1, 0.15) is 5.35 Å². The monoisotopic (exact) mass is 189 g/mol. The molecule has 0 spiro atoms. The molecule has 0 unspecified atom stereocenters. The van der Waals surface area contributed by atoms with Crippen LogP contribution in [-0.2, 0) is 4.79 Å². The average Bonchev–Trinajstić information content (AvgIpc) is 2.21. The molecule has 0 saturated carbocycles. The topological polar surface area (TPSA) is 54.9 Å². The zero-order valence-corrected chi connectivity index (χ0v) is 7.95. The summed E-state index contributed by atoms with van der Waals surface area (Å²) in [5.41, 5.74) is 0.380. The van der Waals surface area contributed by atoms with Gasteiger partial charge in [0, 0.05) is 19.4 Å². The molecule has 1 amide bonds. The van der Waals surface area contributed by atoms with Crippen molar-refractivity contribution in [3.05, 3.63) is 35.7 Å². The summed E-state index contributed by atoms with van der Waals surface area (Å²) in [6.45, 7) is 7.24. The second kappa shape index (κ2) is 4.32. The van der Waals surface area contributed by atoms with Crippen molar-refractivity contribution in [2.24, 2.45) is 0 Å². The molecule has 0 atom stereocenters. The summed E-state index contributed by atoms with van der Waals surface area (Å²) in [5, 5.41) is 3.42. The fourth-order valence-electron chi connectivity index (χ4n) is 1.02. The Kier molecular flexibility index (Phi) is 3.12. The summed E-state index contributed by atoms with van der Waals surface area (Å²) >= 11 is 0. The highest BCUT2D eigenvalue weighted by atomic mass is 16.1. The van der Waals surface area contributed by atoms with Gasteiger partial charge < -0.3 is 5.32 Å². The molecule has 0 saturated heterocycles. The second-order valence-corrected chi connectivity index (χ2v) is 2.55. The molecule has 14 heavy (non-hydrogen) atoms. The lowest BCUT2D eigenvalue weighted by Crippen LogP contribution is -2.35. The predicted octanol–water partition coefficient (Wildman–Crippen LogP) is -1.03. The minimum absolute atomic E-state index is 0.245. The van der Waals surface area contributed by atoms with E-state index in [0.717, 1.165) is 0 Å². The van der Waals surface area contributed by atoms with Gasteiger partial charge in [-0.2, -0.15) is 0 Å². The molecule has 1 N–H and O–H groups in total. The van der Waals surface area contributed by atoms with Crippen LogP contribution < -0.4 is 16.0 Å². The normalized spacial score (nSPS) is 11.8. The van der Waals surface area contributed by atoms with Crippen LogP contribution in [0, 0.1) is 0 Å². The van der Waals surface area contributed by atoms with Crippen molar-refractivity contribution >= 4 is 18.1 Å². The molecule has 0 aliphatic carbocycles. The van der Waals surface area contributed by atoms with Crippen LogP contribution in [0.1, 0.15) is 0 Å². The van der Waals surface area contributed by atoms with E-state index in [9.17, 15) is 4.79 Å². The molecular formula is C10H11N3O. The van der Waals surface area contributed by atoms with Gasteiger partial charge in [0.2, 0.25) is 0 Å². The summed E-state index contributed by atoms with van der Waals surface area (Å²) in [4.78, 5) is 19.3. The molecule has 0 aliphatic heterocycles. The lowest BCUT2D eigenvalue weighted by atomic mass is 10.2. The SMILES string of the molecule is C=C/C(C(=O)NC)=c1/nccnc1=C. The molecule has 1 heterocycles. The molecule has 4 nitrogen and oxygen atoms in total. The van der Waals surface area contributed by atoms with E-state index in [-0.39, 0.29) is 5.91 Å². The second-order valence-electron chi connectivity index (χ2n) is 2.55. The van der Waals surface area contributed by atoms with E-state index in [1.165, 1.54) is 18.5 Å². The zero-order chi connectivity index (χ0) is 10.6. The molecular weight excluding hydrogens is 178 g/mol. The van der Waals surface area contributed by atoms with Crippen LogP contribution >= 0.6 is 0 Å². The maximum Gasteiger partial charge on any atom is 0.253 e. The van der Waals surface area contributed by atoms with E-state index in [4.69, 9.17) is 0 Å². The van der Waals surface area contributed by atoms with Crippen molar-refractivity contribution < 1.29 is 4.79 Å². The summed E-state index contributed by atoms with van der Waals surface area (Å²) in [5.74, 6) is -0.245. The third-order valence-electron chi connectivity index (χ3n) is 1.70. The van der Waals surface area contributed by atoms with Gasteiger partial charge in [-0.05, 0) is 0 Å². The van der Waals surface area contributed by atoms with Gasteiger partial charge in [0.25, 0.3) is 5.91 Å². The number of amides is 1. The Balaban J connectivity index is 3.54. The largest absolute Gasteiger partial charge is 0.355 e. The highest BCUT2D eigenvalue weighted by Gasteiger charge is 2.04. The lowest BCUT2D eigenvalue weighted by Gasteiger charge is -1.98. The molecule has 72 valence electrons. The predicted molar refractivity (Wildman–Crippen MR) is 54.5 cm³/mol. The Bertz CT molecular complexity index is 465. The standard InChI is InChI=1S/C10H11N3O/c1-4-8(10(14)11-3)9-7(2)12-5-6-13-9/h4-6H,1-2H2,3H3,(H,11,14)/b9-8-. The van der Waals surface area contributed by atoms with E-state index >= 15 is 0 Å². The van der Waals surface area contributed by atoms with E-state index in [2.05, 4.69) is 28.4 Å². The Hall–Kier alpha value is -1.97. The number of carbonyl (C=O) groups excluding carboxylic acids is 1. The molecule has 0 aliphatic rings. The number of carbonyl (C=O) groups is 1. The third kappa shape index (κ3) is 1.85. The minimum Gasteiger partial charge on any atom is -0.355 e. The Labute approximate surface area is 81.7 Å². The molecule has 0 aromatic carbocycles. The molecule has 0 radical (unpaired) electrons. The van der Waals surface area contributed by atoms with Crippen LogP contribution in [0.15, 0.2) is 25.0 Å². The number of rotatable bonds is 2. The number of nitrogens with one attached hydrogen (secondary N) is 1. The molecule has 4 heteroatoms. The first kappa shape index (κ1) is 10.1. The first-order valence-electron chi connectivity index (χ1n) is 4.05. The Morgan fingerprint density at radius 2 is 2.14 bits per heavy atom. The summed E-state index contributed by atoms with van der Waals surface area (Å²) in [7, 11) is 1.55. The Morgan fingerprint density at radius 1 is 1.50 bits per heavy atom. The van der Waals surface area contributed by atoms with Crippen LogP contribution in [0.5, 0.6) is 0 Å². The maximum atomic E-state index is 11.4. The van der Waals surface area contributed by atoms with Gasteiger partial charge in [-0.3, -0.25) is 14.8 Å². The summed E-state index contributed by atoms with van der Waals surface area (Å²) in [6, 6.07) is 0.